The van der Waals surface area contributed by atoms with Gasteiger partial charge < -0.3 is 18.9 Å². The number of carbonyl (C=O) groups excluding carboxylic acids is 1. The van der Waals surface area contributed by atoms with Gasteiger partial charge in [0, 0.05) is 20.6 Å². The van der Waals surface area contributed by atoms with E-state index in [-0.39, 0.29) is 31.5 Å². The van der Waals surface area contributed by atoms with Crippen LogP contribution in [0.2, 0.25) is 0 Å². The Bertz CT molecular complexity index is 453. The van der Waals surface area contributed by atoms with Gasteiger partial charge in [-0.15, -0.1) is 6.58 Å². The molecular weight excluding hydrogens is 299 g/mol. The minimum absolute atomic E-state index is 0.0422. The van der Waals surface area contributed by atoms with Crippen molar-refractivity contribution in [2.24, 2.45) is 11.3 Å². The summed E-state index contributed by atoms with van der Waals surface area (Å²) in [6.45, 7) is 3.53. The minimum atomic E-state index is -3.21. The molecule has 7 nitrogen and oxygen atoms in total. The fourth-order valence-electron chi connectivity index (χ4n) is 2.25. The third-order valence-electron chi connectivity index (χ3n) is 3.76. The van der Waals surface area contributed by atoms with E-state index < -0.39 is 24.9 Å². The summed E-state index contributed by atoms with van der Waals surface area (Å²) in [5.41, 5.74) is -0.801. The number of carboxylic acid groups (broad SMARTS) is 1. The number of rotatable bonds is 10. The van der Waals surface area contributed by atoms with Gasteiger partial charge in [-0.25, -0.2) is 0 Å². The fraction of sp³-hybridized carbons (Fsp3) is 0.692. The van der Waals surface area contributed by atoms with Gasteiger partial charge in [0.2, 0.25) is 0 Å². The van der Waals surface area contributed by atoms with Crippen molar-refractivity contribution in [3.63, 3.8) is 0 Å². The summed E-state index contributed by atoms with van der Waals surface area (Å²) in [6.07, 6.45) is 2.24. The zero-order chi connectivity index (χ0) is 16.1. The molecule has 0 aliphatic heterocycles. The van der Waals surface area contributed by atoms with E-state index in [1.807, 2.05) is 0 Å². The van der Waals surface area contributed by atoms with Crippen LogP contribution in [0.3, 0.4) is 0 Å². The molecule has 0 radical (unpaired) electrons. The quantitative estimate of drug-likeness (QED) is 0.374. The Kier molecular flexibility index (Phi) is 6.13. The zero-order valence-electron chi connectivity index (χ0n) is 12.2. The highest BCUT2D eigenvalue weighted by atomic mass is 31.2. The Morgan fingerprint density at radius 1 is 1.43 bits per heavy atom. The van der Waals surface area contributed by atoms with E-state index in [0.717, 1.165) is 0 Å². The van der Waals surface area contributed by atoms with Gasteiger partial charge in [0.1, 0.15) is 6.61 Å². The van der Waals surface area contributed by atoms with Gasteiger partial charge in [-0.2, -0.15) is 0 Å². The first kappa shape index (κ1) is 17.9. The highest BCUT2D eigenvalue weighted by Gasteiger charge is 2.59. The van der Waals surface area contributed by atoms with Gasteiger partial charge in [0.25, 0.3) is 0 Å². The van der Waals surface area contributed by atoms with Crippen LogP contribution in [0.5, 0.6) is 0 Å². The van der Waals surface area contributed by atoms with Crippen molar-refractivity contribution in [3.8, 4) is 0 Å². The molecule has 1 aliphatic carbocycles. The van der Waals surface area contributed by atoms with Crippen LogP contribution in [0.15, 0.2) is 12.7 Å². The Morgan fingerprint density at radius 3 is 2.48 bits per heavy atom. The molecule has 1 N–H and O–H groups in total. The van der Waals surface area contributed by atoms with E-state index in [4.69, 9.17) is 18.9 Å². The number of carboxylic acids is 1. The lowest BCUT2D eigenvalue weighted by Gasteiger charge is -2.17. The van der Waals surface area contributed by atoms with Crippen LogP contribution in [0.1, 0.15) is 19.3 Å². The molecule has 2 unspecified atom stereocenters. The Morgan fingerprint density at radius 2 is 2.05 bits per heavy atom. The summed E-state index contributed by atoms with van der Waals surface area (Å²) in [5, 5.41) is 8.74. The summed E-state index contributed by atoms with van der Waals surface area (Å²) < 4.78 is 26.4. The summed E-state index contributed by atoms with van der Waals surface area (Å²) in [6, 6.07) is 0. The number of carbonyl (C=O) groups is 2. The number of ether oxygens (including phenoxy) is 1. The first-order chi connectivity index (χ1) is 9.83. The van der Waals surface area contributed by atoms with E-state index in [1.165, 1.54) is 14.2 Å². The van der Waals surface area contributed by atoms with Gasteiger partial charge in [-0.3, -0.25) is 14.2 Å². The predicted octanol–water partition coefficient (Wildman–Crippen LogP) is 2.07. The molecule has 21 heavy (non-hydrogen) atoms. The van der Waals surface area contributed by atoms with E-state index in [9.17, 15) is 14.2 Å². The van der Waals surface area contributed by atoms with Crippen molar-refractivity contribution in [2.45, 2.75) is 19.3 Å². The van der Waals surface area contributed by atoms with Gasteiger partial charge in [-0.1, -0.05) is 6.08 Å². The lowest BCUT2D eigenvalue weighted by molar-refractivity contribution is -0.150. The third-order valence-corrected chi connectivity index (χ3v) is 5.61. The maximum absolute atomic E-state index is 12.1. The van der Waals surface area contributed by atoms with Crippen LogP contribution in [0.4, 0.5) is 0 Å². The lowest BCUT2D eigenvalue weighted by Crippen LogP contribution is -2.23. The van der Waals surface area contributed by atoms with Crippen molar-refractivity contribution in [1.29, 1.82) is 0 Å². The molecule has 0 heterocycles. The molecule has 1 rings (SSSR count). The predicted molar refractivity (Wildman–Crippen MR) is 75.1 cm³/mol. The fourth-order valence-corrected chi connectivity index (χ4v) is 3.08. The molecular formula is C13H21O7P. The van der Waals surface area contributed by atoms with Gasteiger partial charge in [0.05, 0.1) is 11.6 Å². The molecule has 1 fully saturated rings. The lowest BCUT2D eigenvalue weighted by atomic mass is 9.97. The Labute approximate surface area is 123 Å². The largest absolute Gasteiger partial charge is 0.481 e. The average Bonchev–Trinajstić information content (AvgIpc) is 3.20. The monoisotopic (exact) mass is 320 g/mol. The van der Waals surface area contributed by atoms with Crippen LogP contribution in [0.25, 0.3) is 0 Å². The second kappa shape index (κ2) is 7.20. The van der Waals surface area contributed by atoms with Gasteiger partial charge in [0.15, 0.2) is 0 Å². The Hall–Kier alpha value is -1.17. The van der Waals surface area contributed by atoms with Gasteiger partial charge in [-0.05, 0) is 18.8 Å². The number of hydrogen-bond acceptors (Lipinski definition) is 6. The van der Waals surface area contributed by atoms with Crippen molar-refractivity contribution < 1.29 is 33.0 Å². The molecule has 8 heteroatoms. The SMILES string of the molecule is C=CC1CC1(CCC(=O)O)C(=O)OCCP(=O)(OC)OC. The number of hydrogen-bond donors (Lipinski definition) is 1. The van der Waals surface area contributed by atoms with Crippen LogP contribution < -0.4 is 0 Å². The normalized spacial score (nSPS) is 24.4. The van der Waals surface area contributed by atoms with Crippen LogP contribution in [0, 0.1) is 11.3 Å². The Balaban J connectivity index is 2.54. The highest BCUT2D eigenvalue weighted by Crippen LogP contribution is 2.57. The first-order valence-electron chi connectivity index (χ1n) is 6.55. The molecule has 0 aromatic rings. The van der Waals surface area contributed by atoms with Crippen LogP contribution in [-0.4, -0.2) is 44.0 Å². The topological polar surface area (TPSA) is 99.1 Å². The van der Waals surface area contributed by atoms with E-state index >= 15 is 0 Å². The summed E-state index contributed by atoms with van der Waals surface area (Å²) in [5.74, 6) is -1.51. The maximum Gasteiger partial charge on any atom is 0.333 e. The second-order valence-corrected chi connectivity index (χ2v) is 7.33. The smallest absolute Gasteiger partial charge is 0.333 e. The van der Waals surface area contributed by atoms with Crippen molar-refractivity contribution >= 4 is 19.5 Å². The highest BCUT2D eigenvalue weighted by molar-refractivity contribution is 7.53. The standard InChI is InChI=1S/C13H21O7P/c1-4-10-9-13(10,6-5-11(14)15)12(16)20-7-8-21(17,18-2)19-3/h4,10H,1,5-9H2,2-3H3,(H,14,15). The molecule has 120 valence electrons. The molecule has 1 aliphatic rings. The summed E-state index contributed by atoms with van der Waals surface area (Å²) >= 11 is 0. The van der Waals surface area contributed by atoms with E-state index in [2.05, 4.69) is 6.58 Å². The maximum atomic E-state index is 12.1. The molecule has 1 saturated carbocycles. The number of esters is 1. The summed E-state index contributed by atoms with van der Waals surface area (Å²) in [4.78, 5) is 22.8. The first-order valence-corrected chi connectivity index (χ1v) is 8.28. The summed E-state index contributed by atoms with van der Waals surface area (Å²) in [7, 11) is -0.696. The number of aliphatic carboxylic acids is 1. The van der Waals surface area contributed by atoms with E-state index in [1.54, 1.807) is 6.08 Å². The van der Waals surface area contributed by atoms with Crippen molar-refractivity contribution in [1.82, 2.24) is 0 Å². The van der Waals surface area contributed by atoms with Crippen LogP contribution in [-0.2, 0) is 27.9 Å². The molecule has 0 aromatic carbocycles. The van der Waals surface area contributed by atoms with Gasteiger partial charge >= 0.3 is 19.5 Å². The molecule has 0 amide bonds. The zero-order valence-corrected chi connectivity index (χ0v) is 13.1. The molecule has 0 saturated heterocycles. The van der Waals surface area contributed by atoms with Crippen LogP contribution >= 0.6 is 7.60 Å². The van der Waals surface area contributed by atoms with Crippen molar-refractivity contribution in [3.05, 3.63) is 12.7 Å². The second-order valence-electron chi connectivity index (χ2n) is 4.93. The number of allylic oxidation sites excluding steroid dienone is 1. The van der Waals surface area contributed by atoms with E-state index in [0.29, 0.717) is 6.42 Å². The average molecular weight is 320 g/mol. The molecule has 0 spiro atoms. The molecule has 0 aromatic heterocycles. The molecule has 2 atom stereocenters. The van der Waals surface area contributed by atoms with Crippen molar-refractivity contribution in [2.75, 3.05) is 27.0 Å². The molecule has 0 bridgehead atoms. The third kappa shape index (κ3) is 4.40. The minimum Gasteiger partial charge on any atom is -0.481 e.